The number of amides is 1. The van der Waals surface area contributed by atoms with Crippen molar-refractivity contribution in [2.45, 2.75) is 38.6 Å². The van der Waals surface area contributed by atoms with E-state index in [0.29, 0.717) is 24.9 Å². The normalized spacial score (nSPS) is 11.8. The van der Waals surface area contributed by atoms with Gasteiger partial charge in [-0.25, -0.2) is 9.97 Å². The van der Waals surface area contributed by atoms with Crippen molar-refractivity contribution in [3.8, 4) is 11.3 Å². The van der Waals surface area contributed by atoms with Gasteiger partial charge in [0.2, 0.25) is 5.91 Å². The molecule has 0 radical (unpaired) electrons. The van der Waals surface area contributed by atoms with Gasteiger partial charge < -0.3 is 20.7 Å². The first-order valence-corrected chi connectivity index (χ1v) is 11.3. The van der Waals surface area contributed by atoms with Crippen molar-refractivity contribution >= 4 is 34.4 Å². The van der Waals surface area contributed by atoms with Crippen molar-refractivity contribution in [3.05, 3.63) is 72.6 Å². The van der Waals surface area contributed by atoms with Gasteiger partial charge in [0.05, 0.1) is 5.39 Å². The van der Waals surface area contributed by atoms with Crippen molar-refractivity contribution in [2.24, 2.45) is 0 Å². The summed E-state index contributed by atoms with van der Waals surface area (Å²) < 4.78 is 0. The predicted molar refractivity (Wildman–Crippen MR) is 133 cm³/mol. The van der Waals surface area contributed by atoms with Crippen LogP contribution in [0, 0.1) is 0 Å². The second-order valence-corrected chi connectivity index (χ2v) is 8.17. The van der Waals surface area contributed by atoms with E-state index in [2.05, 4.69) is 44.6 Å². The first-order valence-electron chi connectivity index (χ1n) is 11.3. The molecule has 174 valence electrons. The van der Waals surface area contributed by atoms with Crippen LogP contribution in [0.15, 0.2) is 67.0 Å². The minimum Gasteiger partial charge on any atom is -0.481 e. The number of aliphatic carboxylic acids is 1. The van der Waals surface area contributed by atoms with E-state index in [1.54, 1.807) is 0 Å². The molecule has 0 aliphatic heterocycles. The number of benzene rings is 2. The number of carboxylic acid groups (broad SMARTS) is 1. The minimum absolute atomic E-state index is 0.0826. The molecule has 1 atom stereocenters. The summed E-state index contributed by atoms with van der Waals surface area (Å²) in [6.45, 7) is 2.09. The summed E-state index contributed by atoms with van der Waals surface area (Å²) >= 11 is 0. The molecule has 4 aromatic rings. The van der Waals surface area contributed by atoms with Crippen LogP contribution >= 0.6 is 0 Å². The molecule has 0 saturated carbocycles. The molecule has 8 nitrogen and oxygen atoms in total. The van der Waals surface area contributed by atoms with E-state index in [-0.39, 0.29) is 18.4 Å². The van der Waals surface area contributed by atoms with Crippen LogP contribution in [0.2, 0.25) is 0 Å². The van der Waals surface area contributed by atoms with E-state index >= 15 is 0 Å². The quantitative estimate of drug-likeness (QED) is 0.237. The molecule has 2 aromatic carbocycles. The third kappa shape index (κ3) is 5.78. The second kappa shape index (κ2) is 10.6. The molecule has 34 heavy (non-hydrogen) atoms. The maximum absolute atomic E-state index is 12.1. The number of hydrogen-bond acceptors (Lipinski definition) is 5. The highest BCUT2D eigenvalue weighted by Crippen LogP contribution is 2.29. The van der Waals surface area contributed by atoms with Gasteiger partial charge in [-0.05, 0) is 49.1 Å². The van der Waals surface area contributed by atoms with Gasteiger partial charge in [0.1, 0.15) is 17.8 Å². The van der Waals surface area contributed by atoms with E-state index in [1.807, 2.05) is 48.5 Å². The molecular weight excluding hydrogens is 430 g/mol. The summed E-state index contributed by atoms with van der Waals surface area (Å²) in [5, 5.41) is 15.9. The summed E-state index contributed by atoms with van der Waals surface area (Å²) in [7, 11) is 0. The Hall–Kier alpha value is -4.20. The molecule has 0 saturated heterocycles. The van der Waals surface area contributed by atoms with Gasteiger partial charge in [0, 0.05) is 30.3 Å². The zero-order chi connectivity index (χ0) is 23.9. The highest BCUT2D eigenvalue weighted by molar-refractivity contribution is 5.93. The van der Waals surface area contributed by atoms with E-state index in [4.69, 9.17) is 5.11 Å². The van der Waals surface area contributed by atoms with Gasteiger partial charge in [-0.3, -0.25) is 9.59 Å². The van der Waals surface area contributed by atoms with Gasteiger partial charge in [-0.2, -0.15) is 0 Å². The smallest absolute Gasteiger partial charge is 0.303 e. The molecular formula is C26H27N5O3. The van der Waals surface area contributed by atoms with Crippen molar-refractivity contribution in [1.82, 2.24) is 15.0 Å². The SMILES string of the molecule is CC(Nc1ncnc2[nH]c(-c3ccc(NC(=O)CCCCC(=O)O)cc3)cc12)c1ccccc1. The Morgan fingerprint density at radius 2 is 1.74 bits per heavy atom. The van der Waals surface area contributed by atoms with Crippen LogP contribution in [0.1, 0.15) is 44.2 Å². The minimum atomic E-state index is -0.840. The molecule has 4 N–H and O–H groups in total. The second-order valence-electron chi connectivity index (χ2n) is 8.17. The lowest BCUT2D eigenvalue weighted by molar-refractivity contribution is -0.137. The molecule has 2 aromatic heterocycles. The standard InChI is InChI=1S/C26H27N5O3/c1-17(18-7-3-2-4-8-18)29-25-21-15-22(31-26(21)28-16-27-25)19-11-13-20(14-12-19)30-23(32)9-5-6-10-24(33)34/h2-4,7-8,11-17H,5-6,9-10H2,1H3,(H,30,32)(H,33,34)(H2,27,28,29,31). The molecule has 1 unspecified atom stereocenters. The number of H-pyrrole nitrogens is 1. The Morgan fingerprint density at radius 1 is 1.00 bits per heavy atom. The average Bonchev–Trinajstić information content (AvgIpc) is 3.28. The van der Waals surface area contributed by atoms with Gasteiger partial charge in [0.25, 0.3) is 0 Å². The van der Waals surface area contributed by atoms with E-state index in [0.717, 1.165) is 28.1 Å². The van der Waals surface area contributed by atoms with Crippen LogP contribution in [-0.4, -0.2) is 31.9 Å². The molecule has 4 rings (SSSR count). The van der Waals surface area contributed by atoms with Crippen molar-refractivity contribution in [2.75, 3.05) is 10.6 Å². The number of carboxylic acids is 1. The Morgan fingerprint density at radius 3 is 2.47 bits per heavy atom. The molecule has 0 bridgehead atoms. The van der Waals surface area contributed by atoms with Crippen molar-refractivity contribution in [1.29, 1.82) is 0 Å². The van der Waals surface area contributed by atoms with E-state index < -0.39 is 5.97 Å². The monoisotopic (exact) mass is 457 g/mol. The van der Waals surface area contributed by atoms with Crippen LogP contribution in [0.25, 0.3) is 22.3 Å². The topological polar surface area (TPSA) is 120 Å². The highest BCUT2D eigenvalue weighted by Gasteiger charge is 2.13. The number of hydrogen-bond donors (Lipinski definition) is 4. The maximum Gasteiger partial charge on any atom is 0.303 e. The zero-order valence-corrected chi connectivity index (χ0v) is 18.9. The average molecular weight is 458 g/mol. The first-order chi connectivity index (χ1) is 16.5. The molecule has 0 spiro atoms. The molecule has 0 aliphatic carbocycles. The molecule has 2 heterocycles. The third-order valence-corrected chi connectivity index (χ3v) is 5.60. The van der Waals surface area contributed by atoms with Crippen LogP contribution in [0.4, 0.5) is 11.5 Å². The van der Waals surface area contributed by atoms with Gasteiger partial charge >= 0.3 is 5.97 Å². The van der Waals surface area contributed by atoms with Gasteiger partial charge in [0.15, 0.2) is 0 Å². The molecule has 0 aliphatic rings. The fourth-order valence-corrected chi connectivity index (χ4v) is 3.76. The van der Waals surface area contributed by atoms with Crippen LogP contribution in [-0.2, 0) is 9.59 Å². The van der Waals surface area contributed by atoms with E-state index in [9.17, 15) is 9.59 Å². The summed E-state index contributed by atoms with van der Waals surface area (Å²) in [4.78, 5) is 34.8. The Kier molecular flexibility index (Phi) is 7.17. The summed E-state index contributed by atoms with van der Waals surface area (Å²) in [6.07, 6.45) is 2.96. The highest BCUT2D eigenvalue weighted by atomic mass is 16.4. The number of aromatic nitrogens is 3. The van der Waals surface area contributed by atoms with Gasteiger partial charge in [-0.1, -0.05) is 42.5 Å². The number of unbranched alkanes of at least 4 members (excludes halogenated alkanes) is 1. The van der Waals surface area contributed by atoms with Gasteiger partial charge in [-0.15, -0.1) is 0 Å². The number of aromatic amines is 1. The Labute approximate surface area is 197 Å². The summed E-state index contributed by atoms with van der Waals surface area (Å²) in [5.74, 6) is -0.203. The maximum atomic E-state index is 12.1. The first kappa shape index (κ1) is 23.0. The fraction of sp³-hybridized carbons (Fsp3) is 0.231. The summed E-state index contributed by atoms with van der Waals surface area (Å²) in [5.41, 5.74) is 4.47. The lowest BCUT2D eigenvalue weighted by Crippen LogP contribution is -2.11. The van der Waals surface area contributed by atoms with E-state index in [1.165, 1.54) is 11.9 Å². The van der Waals surface area contributed by atoms with Crippen molar-refractivity contribution < 1.29 is 14.7 Å². The summed E-state index contributed by atoms with van der Waals surface area (Å²) in [6, 6.07) is 19.8. The number of fused-ring (bicyclic) bond motifs is 1. The number of carbonyl (C=O) groups is 2. The number of anilines is 2. The molecule has 1 amide bonds. The van der Waals surface area contributed by atoms with Crippen LogP contribution in [0.3, 0.4) is 0 Å². The zero-order valence-electron chi connectivity index (χ0n) is 18.9. The predicted octanol–water partition coefficient (Wildman–Crippen LogP) is 5.38. The lowest BCUT2D eigenvalue weighted by atomic mass is 10.1. The number of rotatable bonds is 10. The lowest BCUT2D eigenvalue weighted by Gasteiger charge is -2.15. The fourth-order valence-electron chi connectivity index (χ4n) is 3.76. The molecule has 0 fully saturated rings. The number of nitrogens with zero attached hydrogens (tertiary/aromatic N) is 2. The van der Waals surface area contributed by atoms with Crippen LogP contribution < -0.4 is 10.6 Å². The van der Waals surface area contributed by atoms with Crippen molar-refractivity contribution in [3.63, 3.8) is 0 Å². The largest absolute Gasteiger partial charge is 0.481 e. The number of carbonyl (C=O) groups excluding carboxylic acids is 1. The molecule has 8 heteroatoms. The van der Waals surface area contributed by atoms with Crippen LogP contribution in [0.5, 0.6) is 0 Å². The number of nitrogens with one attached hydrogen (secondary N) is 3. The Balaban J connectivity index is 1.43. The third-order valence-electron chi connectivity index (χ3n) is 5.60. The Bertz CT molecular complexity index is 1270.